The van der Waals surface area contributed by atoms with Crippen LogP contribution in [-0.4, -0.2) is 32.7 Å². The van der Waals surface area contributed by atoms with E-state index in [1.54, 1.807) is 0 Å². The molecular weight excluding hydrogens is 216 g/mol. The van der Waals surface area contributed by atoms with Gasteiger partial charge in [-0.05, 0) is 25.3 Å². The SMILES string of the molecule is C[C@@H]1CNC[C@H]1C(=O)NS(=O)(=O)C1CC1. The molecule has 1 aliphatic heterocycles. The van der Waals surface area contributed by atoms with Gasteiger partial charge in [0, 0.05) is 6.54 Å². The van der Waals surface area contributed by atoms with Crippen molar-refractivity contribution in [2.24, 2.45) is 11.8 Å². The van der Waals surface area contributed by atoms with Crippen molar-refractivity contribution in [2.45, 2.75) is 25.0 Å². The predicted octanol–water partition coefficient (Wildman–Crippen LogP) is -0.550. The Balaban J connectivity index is 1.97. The molecule has 86 valence electrons. The Labute approximate surface area is 89.7 Å². The summed E-state index contributed by atoms with van der Waals surface area (Å²) in [4.78, 5) is 11.7. The summed E-state index contributed by atoms with van der Waals surface area (Å²) in [5.41, 5.74) is 0. The molecule has 0 aromatic rings. The predicted molar refractivity (Wildman–Crippen MR) is 55.6 cm³/mol. The molecule has 0 aromatic heterocycles. The number of amides is 1. The molecule has 0 unspecified atom stereocenters. The fourth-order valence-corrected chi connectivity index (χ4v) is 3.19. The van der Waals surface area contributed by atoms with E-state index in [4.69, 9.17) is 0 Å². The number of hydrogen-bond donors (Lipinski definition) is 2. The molecule has 0 spiro atoms. The topological polar surface area (TPSA) is 75.3 Å². The third kappa shape index (κ3) is 2.31. The van der Waals surface area contributed by atoms with E-state index < -0.39 is 10.0 Å². The van der Waals surface area contributed by atoms with Crippen molar-refractivity contribution >= 4 is 15.9 Å². The fourth-order valence-electron chi connectivity index (χ4n) is 1.84. The van der Waals surface area contributed by atoms with Gasteiger partial charge in [-0.25, -0.2) is 8.42 Å². The Bertz CT molecular complexity index is 362. The van der Waals surface area contributed by atoms with Gasteiger partial charge in [0.2, 0.25) is 15.9 Å². The molecule has 15 heavy (non-hydrogen) atoms. The van der Waals surface area contributed by atoms with Crippen molar-refractivity contribution in [1.29, 1.82) is 0 Å². The molecule has 1 amide bonds. The summed E-state index contributed by atoms with van der Waals surface area (Å²) in [7, 11) is -3.37. The van der Waals surface area contributed by atoms with Crippen LogP contribution < -0.4 is 10.0 Å². The summed E-state index contributed by atoms with van der Waals surface area (Å²) in [5.74, 6) is -0.350. The first-order valence-electron chi connectivity index (χ1n) is 5.27. The lowest BCUT2D eigenvalue weighted by Crippen LogP contribution is -2.39. The highest BCUT2D eigenvalue weighted by molar-refractivity contribution is 7.90. The maximum Gasteiger partial charge on any atom is 0.238 e. The first-order chi connectivity index (χ1) is 7.00. The molecule has 0 aromatic carbocycles. The van der Waals surface area contributed by atoms with Crippen molar-refractivity contribution in [1.82, 2.24) is 10.0 Å². The smallest absolute Gasteiger partial charge is 0.238 e. The molecule has 0 bridgehead atoms. The van der Waals surface area contributed by atoms with E-state index in [0.29, 0.717) is 19.4 Å². The second kappa shape index (κ2) is 3.75. The zero-order chi connectivity index (χ0) is 11.1. The van der Waals surface area contributed by atoms with Crippen LogP contribution in [-0.2, 0) is 14.8 Å². The molecule has 2 atom stereocenters. The van der Waals surface area contributed by atoms with E-state index in [0.717, 1.165) is 6.54 Å². The molecule has 1 saturated heterocycles. The van der Waals surface area contributed by atoms with Gasteiger partial charge in [0.25, 0.3) is 0 Å². The Morgan fingerprint density at radius 1 is 1.33 bits per heavy atom. The lowest BCUT2D eigenvalue weighted by atomic mass is 9.98. The van der Waals surface area contributed by atoms with Crippen molar-refractivity contribution in [2.75, 3.05) is 13.1 Å². The number of carbonyl (C=O) groups is 1. The first-order valence-corrected chi connectivity index (χ1v) is 6.81. The van der Waals surface area contributed by atoms with Crippen molar-refractivity contribution in [3.05, 3.63) is 0 Å². The van der Waals surface area contributed by atoms with E-state index in [1.165, 1.54) is 0 Å². The molecular formula is C9H16N2O3S. The molecule has 6 heteroatoms. The van der Waals surface area contributed by atoms with Gasteiger partial charge < -0.3 is 5.32 Å². The molecule has 1 saturated carbocycles. The quantitative estimate of drug-likeness (QED) is 0.684. The molecule has 0 radical (unpaired) electrons. The summed E-state index contributed by atoms with van der Waals surface area (Å²) >= 11 is 0. The zero-order valence-corrected chi connectivity index (χ0v) is 9.51. The standard InChI is InChI=1S/C9H16N2O3S/c1-6-4-10-5-8(6)9(12)11-15(13,14)7-2-3-7/h6-8,10H,2-5H2,1H3,(H,11,12)/t6-,8-/m1/s1. The van der Waals surface area contributed by atoms with Gasteiger partial charge in [-0.2, -0.15) is 0 Å². The Morgan fingerprint density at radius 2 is 2.00 bits per heavy atom. The summed E-state index contributed by atoms with van der Waals surface area (Å²) in [6, 6.07) is 0. The number of rotatable bonds is 3. The highest BCUT2D eigenvalue weighted by atomic mass is 32.2. The van der Waals surface area contributed by atoms with Crippen LogP contribution in [0.25, 0.3) is 0 Å². The molecule has 2 rings (SSSR count). The summed E-state index contributed by atoms with van der Waals surface area (Å²) in [6.07, 6.45) is 1.36. The van der Waals surface area contributed by atoms with E-state index in [-0.39, 0.29) is 23.0 Å². The van der Waals surface area contributed by atoms with E-state index >= 15 is 0 Å². The molecule has 1 heterocycles. The van der Waals surface area contributed by atoms with Crippen LogP contribution in [0.3, 0.4) is 0 Å². The summed E-state index contributed by atoms with van der Waals surface area (Å²) < 4.78 is 25.2. The minimum Gasteiger partial charge on any atom is -0.316 e. The van der Waals surface area contributed by atoms with Crippen LogP contribution >= 0.6 is 0 Å². The van der Waals surface area contributed by atoms with E-state index in [1.807, 2.05) is 6.92 Å². The lowest BCUT2D eigenvalue weighted by molar-refractivity contribution is -0.123. The van der Waals surface area contributed by atoms with Crippen LogP contribution in [0.2, 0.25) is 0 Å². The molecule has 2 N–H and O–H groups in total. The highest BCUT2D eigenvalue weighted by Crippen LogP contribution is 2.28. The first kappa shape index (κ1) is 10.9. The normalized spacial score (nSPS) is 31.5. The third-order valence-corrected chi connectivity index (χ3v) is 4.90. The Hall–Kier alpha value is -0.620. The van der Waals surface area contributed by atoms with Gasteiger partial charge in [-0.15, -0.1) is 0 Å². The maximum absolute atomic E-state index is 11.7. The van der Waals surface area contributed by atoms with Gasteiger partial charge in [-0.1, -0.05) is 6.92 Å². The number of hydrogen-bond acceptors (Lipinski definition) is 4. The van der Waals surface area contributed by atoms with Crippen molar-refractivity contribution in [3.63, 3.8) is 0 Å². The number of carbonyl (C=O) groups excluding carboxylic acids is 1. The number of sulfonamides is 1. The fraction of sp³-hybridized carbons (Fsp3) is 0.889. The largest absolute Gasteiger partial charge is 0.316 e. The van der Waals surface area contributed by atoms with Crippen molar-refractivity contribution < 1.29 is 13.2 Å². The second-order valence-corrected chi connectivity index (χ2v) is 6.41. The summed E-state index contributed by atoms with van der Waals surface area (Å²) in [5, 5.41) is 2.75. The van der Waals surface area contributed by atoms with Crippen LogP contribution in [0, 0.1) is 11.8 Å². The summed E-state index contributed by atoms with van der Waals surface area (Å²) in [6.45, 7) is 3.31. The molecule has 2 aliphatic rings. The monoisotopic (exact) mass is 232 g/mol. The average Bonchev–Trinajstić information content (AvgIpc) is 2.89. The minimum absolute atomic E-state index is 0.208. The molecule has 1 aliphatic carbocycles. The highest BCUT2D eigenvalue weighted by Gasteiger charge is 2.39. The molecule has 5 nitrogen and oxygen atoms in total. The van der Waals surface area contributed by atoms with Gasteiger partial charge in [0.1, 0.15) is 0 Å². The van der Waals surface area contributed by atoms with E-state index in [2.05, 4.69) is 10.0 Å². The zero-order valence-electron chi connectivity index (χ0n) is 8.69. The van der Waals surface area contributed by atoms with Crippen LogP contribution in [0.15, 0.2) is 0 Å². The van der Waals surface area contributed by atoms with Gasteiger partial charge >= 0.3 is 0 Å². The van der Waals surface area contributed by atoms with Gasteiger partial charge in [-0.3, -0.25) is 9.52 Å². The minimum atomic E-state index is -3.37. The molecule has 2 fully saturated rings. The average molecular weight is 232 g/mol. The number of nitrogens with one attached hydrogen (secondary N) is 2. The van der Waals surface area contributed by atoms with Crippen molar-refractivity contribution in [3.8, 4) is 0 Å². The lowest BCUT2D eigenvalue weighted by Gasteiger charge is -2.13. The van der Waals surface area contributed by atoms with Gasteiger partial charge in [0.05, 0.1) is 11.2 Å². The van der Waals surface area contributed by atoms with Crippen LogP contribution in [0.5, 0.6) is 0 Å². The Morgan fingerprint density at radius 3 is 2.47 bits per heavy atom. The van der Waals surface area contributed by atoms with Crippen LogP contribution in [0.1, 0.15) is 19.8 Å². The van der Waals surface area contributed by atoms with E-state index in [9.17, 15) is 13.2 Å². The maximum atomic E-state index is 11.7. The second-order valence-electron chi connectivity index (χ2n) is 4.45. The third-order valence-electron chi connectivity index (χ3n) is 3.06. The van der Waals surface area contributed by atoms with Gasteiger partial charge in [0.15, 0.2) is 0 Å². The Kier molecular flexibility index (Phi) is 2.72. The van der Waals surface area contributed by atoms with Crippen LogP contribution in [0.4, 0.5) is 0 Å².